The Morgan fingerprint density at radius 2 is 1.87 bits per heavy atom. The molecule has 0 aliphatic carbocycles. The Morgan fingerprint density at radius 3 is 2.55 bits per heavy atom. The number of rotatable bonds is 7. The summed E-state index contributed by atoms with van der Waals surface area (Å²) in [6.45, 7) is 2.57. The molecule has 1 aliphatic heterocycles. The number of piperidine rings is 1. The van der Waals surface area contributed by atoms with E-state index >= 15 is 0 Å². The number of aryl methyl sites for hydroxylation is 1. The van der Waals surface area contributed by atoms with Crippen molar-refractivity contribution in [3.63, 3.8) is 0 Å². The highest BCUT2D eigenvalue weighted by Gasteiger charge is 2.35. The molecule has 0 N–H and O–H groups in total. The number of thiazole rings is 1. The smallest absolute Gasteiger partial charge is 0.243 e. The number of amides is 1. The minimum atomic E-state index is -4.01. The van der Waals surface area contributed by atoms with Gasteiger partial charge in [-0.15, -0.1) is 0 Å². The number of hydrogen-bond donors (Lipinski definition) is 0. The molecule has 0 bridgehead atoms. The molecule has 3 heterocycles. The predicted octanol–water partition coefficient (Wildman–Crippen LogP) is 5.17. The fourth-order valence-electron chi connectivity index (χ4n) is 4.56. The SMILES string of the molecule is CCc1ccc2nc(N(Cc3cccnc3)C(=O)C3CCN(S(=O)(=O)c4ccc(F)c(F)c4)CC3)sc2c1. The van der Waals surface area contributed by atoms with E-state index in [9.17, 15) is 22.0 Å². The van der Waals surface area contributed by atoms with Crippen LogP contribution < -0.4 is 4.90 Å². The van der Waals surface area contributed by atoms with Crippen LogP contribution in [0.3, 0.4) is 0 Å². The van der Waals surface area contributed by atoms with Crippen LogP contribution in [0.15, 0.2) is 65.8 Å². The molecule has 0 radical (unpaired) electrons. The number of hydrogen-bond acceptors (Lipinski definition) is 6. The van der Waals surface area contributed by atoms with Gasteiger partial charge in [-0.2, -0.15) is 4.31 Å². The first-order chi connectivity index (χ1) is 18.3. The Kier molecular flexibility index (Phi) is 7.51. The molecule has 11 heteroatoms. The largest absolute Gasteiger partial charge is 0.283 e. The second-order valence-corrected chi connectivity index (χ2v) is 12.1. The average Bonchev–Trinajstić information content (AvgIpc) is 3.36. The van der Waals surface area contributed by atoms with Gasteiger partial charge >= 0.3 is 0 Å². The maximum Gasteiger partial charge on any atom is 0.243 e. The van der Waals surface area contributed by atoms with Gasteiger partial charge in [0.15, 0.2) is 16.8 Å². The molecule has 5 rings (SSSR count). The number of aromatic nitrogens is 2. The second kappa shape index (κ2) is 10.8. The van der Waals surface area contributed by atoms with Crippen molar-refractivity contribution in [2.24, 2.45) is 5.92 Å². The summed E-state index contributed by atoms with van der Waals surface area (Å²) in [6.07, 6.45) is 4.88. The summed E-state index contributed by atoms with van der Waals surface area (Å²) >= 11 is 1.45. The first-order valence-corrected chi connectivity index (χ1v) is 14.6. The van der Waals surface area contributed by atoms with E-state index in [1.54, 1.807) is 17.3 Å². The van der Waals surface area contributed by atoms with Gasteiger partial charge in [-0.05, 0) is 66.8 Å². The lowest BCUT2D eigenvalue weighted by Crippen LogP contribution is -2.44. The summed E-state index contributed by atoms with van der Waals surface area (Å²) in [5, 5.41) is 0.582. The van der Waals surface area contributed by atoms with Crippen LogP contribution in [0.1, 0.15) is 30.9 Å². The second-order valence-electron chi connectivity index (χ2n) is 9.19. The molecule has 1 fully saturated rings. The van der Waals surface area contributed by atoms with Gasteiger partial charge in [0.05, 0.1) is 21.7 Å². The van der Waals surface area contributed by atoms with E-state index in [0.717, 1.165) is 34.3 Å². The van der Waals surface area contributed by atoms with Crippen LogP contribution in [-0.4, -0.2) is 41.7 Å². The summed E-state index contributed by atoms with van der Waals surface area (Å²) in [6, 6.07) is 12.3. The standard InChI is InChI=1S/C27H26F2N4O3S2/c1-2-18-5-8-24-25(14-18)37-27(31-24)33(17-19-4-3-11-30-16-19)26(34)20-9-12-32(13-10-20)38(35,36)21-6-7-22(28)23(29)15-21/h3-8,11,14-16,20H,2,9-10,12-13,17H2,1H3. The minimum Gasteiger partial charge on any atom is -0.283 e. The molecule has 2 aromatic carbocycles. The first kappa shape index (κ1) is 26.3. The van der Waals surface area contributed by atoms with Crippen LogP contribution in [0, 0.1) is 17.6 Å². The van der Waals surface area contributed by atoms with Gasteiger partial charge in [-0.1, -0.05) is 30.4 Å². The number of carbonyl (C=O) groups is 1. The maximum atomic E-state index is 13.8. The van der Waals surface area contributed by atoms with Crippen molar-refractivity contribution in [1.82, 2.24) is 14.3 Å². The Morgan fingerprint density at radius 1 is 1.08 bits per heavy atom. The third-order valence-electron chi connectivity index (χ3n) is 6.74. The summed E-state index contributed by atoms with van der Waals surface area (Å²) in [5.41, 5.74) is 2.86. The highest BCUT2D eigenvalue weighted by molar-refractivity contribution is 7.89. The van der Waals surface area contributed by atoms with Crippen LogP contribution in [-0.2, 0) is 27.8 Å². The molecule has 0 unspecified atom stereocenters. The molecule has 198 valence electrons. The molecule has 2 aromatic heterocycles. The van der Waals surface area contributed by atoms with E-state index in [-0.39, 0.29) is 23.9 Å². The van der Waals surface area contributed by atoms with Crippen LogP contribution in [0.4, 0.5) is 13.9 Å². The lowest BCUT2D eigenvalue weighted by Gasteiger charge is -2.33. The van der Waals surface area contributed by atoms with Crippen molar-refractivity contribution < 1.29 is 22.0 Å². The van der Waals surface area contributed by atoms with Gasteiger partial charge in [0.25, 0.3) is 0 Å². The molecule has 0 saturated carbocycles. The fraction of sp³-hybridized carbons (Fsp3) is 0.296. The normalized spacial score (nSPS) is 15.1. The zero-order valence-electron chi connectivity index (χ0n) is 20.7. The fourth-order valence-corrected chi connectivity index (χ4v) is 7.07. The molecule has 0 spiro atoms. The van der Waals surface area contributed by atoms with Crippen molar-refractivity contribution in [2.45, 2.75) is 37.6 Å². The third-order valence-corrected chi connectivity index (χ3v) is 9.68. The molecular weight excluding hydrogens is 530 g/mol. The van der Waals surface area contributed by atoms with Crippen molar-refractivity contribution >= 4 is 42.6 Å². The molecule has 7 nitrogen and oxygen atoms in total. The predicted molar refractivity (Wildman–Crippen MR) is 142 cm³/mol. The van der Waals surface area contributed by atoms with E-state index in [1.165, 1.54) is 21.2 Å². The lowest BCUT2D eigenvalue weighted by molar-refractivity contribution is -0.123. The van der Waals surface area contributed by atoms with Gasteiger partial charge in [0.2, 0.25) is 15.9 Å². The van der Waals surface area contributed by atoms with Crippen LogP contribution in [0.2, 0.25) is 0 Å². The van der Waals surface area contributed by atoms with Crippen LogP contribution in [0.25, 0.3) is 10.2 Å². The van der Waals surface area contributed by atoms with E-state index < -0.39 is 27.6 Å². The summed E-state index contributed by atoms with van der Waals surface area (Å²) in [5.74, 6) is -2.87. The van der Waals surface area contributed by atoms with Gasteiger partial charge in [0, 0.05) is 31.4 Å². The zero-order valence-corrected chi connectivity index (χ0v) is 22.3. The van der Waals surface area contributed by atoms with Crippen molar-refractivity contribution in [2.75, 3.05) is 18.0 Å². The van der Waals surface area contributed by atoms with Crippen molar-refractivity contribution in [3.05, 3.63) is 83.7 Å². The number of fused-ring (bicyclic) bond motifs is 1. The van der Waals surface area contributed by atoms with Crippen molar-refractivity contribution in [1.29, 1.82) is 0 Å². The molecule has 4 aromatic rings. The highest BCUT2D eigenvalue weighted by Crippen LogP contribution is 2.33. The van der Waals surface area contributed by atoms with Gasteiger partial charge in [-0.3, -0.25) is 14.7 Å². The topological polar surface area (TPSA) is 83.5 Å². The van der Waals surface area contributed by atoms with Gasteiger partial charge < -0.3 is 0 Å². The summed E-state index contributed by atoms with van der Waals surface area (Å²) in [4.78, 5) is 24.1. The number of halogens is 2. The first-order valence-electron chi connectivity index (χ1n) is 12.3. The molecule has 1 aliphatic rings. The van der Waals surface area contributed by atoms with E-state index in [4.69, 9.17) is 4.98 Å². The number of sulfonamides is 1. The number of benzene rings is 2. The molecule has 1 amide bonds. The lowest BCUT2D eigenvalue weighted by atomic mass is 9.96. The number of anilines is 1. The third kappa shape index (κ3) is 5.31. The molecule has 0 atom stereocenters. The van der Waals surface area contributed by atoms with E-state index in [1.807, 2.05) is 24.3 Å². The number of pyridine rings is 1. The number of carbonyl (C=O) groups excluding carboxylic acids is 1. The quantitative estimate of drug-likeness (QED) is 0.314. The monoisotopic (exact) mass is 556 g/mol. The van der Waals surface area contributed by atoms with E-state index in [0.29, 0.717) is 30.6 Å². The molecule has 38 heavy (non-hydrogen) atoms. The Balaban J connectivity index is 1.37. The zero-order chi connectivity index (χ0) is 26.9. The Bertz CT molecular complexity index is 1570. The average molecular weight is 557 g/mol. The maximum absolute atomic E-state index is 13.8. The molecule has 1 saturated heterocycles. The molecular formula is C27H26F2N4O3S2. The van der Waals surface area contributed by atoms with Gasteiger partial charge in [-0.25, -0.2) is 22.2 Å². The highest BCUT2D eigenvalue weighted by atomic mass is 32.2. The summed E-state index contributed by atoms with van der Waals surface area (Å²) in [7, 11) is -4.01. The van der Waals surface area contributed by atoms with Crippen LogP contribution in [0.5, 0.6) is 0 Å². The number of nitrogens with zero attached hydrogens (tertiary/aromatic N) is 4. The Labute approximate surface area is 223 Å². The van der Waals surface area contributed by atoms with Gasteiger partial charge in [0.1, 0.15) is 0 Å². The minimum absolute atomic E-state index is 0.0954. The Hall–Kier alpha value is -3.28. The summed E-state index contributed by atoms with van der Waals surface area (Å²) < 4.78 is 55.2. The van der Waals surface area contributed by atoms with Crippen LogP contribution >= 0.6 is 11.3 Å². The van der Waals surface area contributed by atoms with E-state index in [2.05, 4.69) is 18.0 Å². The van der Waals surface area contributed by atoms with Crippen molar-refractivity contribution in [3.8, 4) is 0 Å².